The molecule has 0 aliphatic carbocycles. The Hall–Kier alpha value is -2.70. The molecule has 1 saturated heterocycles. The molecule has 4 rings (SSSR count). The van der Waals surface area contributed by atoms with Crippen LogP contribution in [-0.4, -0.2) is 77.1 Å². The van der Waals surface area contributed by atoms with Gasteiger partial charge in [-0.15, -0.1) is 0 Å². The molecule has 0 saturated carbocycles. The van der Waals surface area contributed by atoms with Gasteiger partial charge in [0.25, 0.3) is 0 Å². The summed E-state index contributed by atoms with van der Waals surface area (Å²) < 4.78 is 32.3. The van der Waals surface area contributed by atoms with E-state index in [9.17, 15) is 13.2 Å². The van der Waals surface area contributed by atoms with Crippen LogP contribution in [0.15, 0.2) is 38.8 Å². The predicted octanol–water partition coefficient (Wildman–Crippen LogP) is 2.29. The highest BCUT2D eigenvalue weighted by Crippen LogP contribution is 2.26. The van der Waals surface area contributed by atoms with Crippen LogP contribution < -0.4 is 5.32 Å². The SMILES string of the molecule is CCNc1nc(SCC(=O)N2CCN(S(=O)(=O)c3c(C)noc3C)CC2)nc2ccccc12. The van der Waals surface area contributed by atoms with Crippen molar-refractivity contribution in [3.63, 3.8) is 0 Å². The van der Waals surface area contributed by atoms with Crippen LogP contribution >= 0.6 is 11.8 Å². The van der Waals surface area contributed by atoms with Crippen molar-refractivity contribution in [2.24, 2.45) is 0 Å². The highest BCUT2D eigenvalue weighted by Gasteiger charge is 2.34. The number of hydrogen-bond donors (Lipinski definition) is 1. The number of amides is 1. The van der Waals surface area contributed by atoms with Crippen molar-refractivity contribution < 1.29 is 17.7 Å². The molecule has 0 bridgehead atoms. The van der Waals surface area contributed by atoms with Crippen LogP contribution in [0.25, 0.3) is 10.9 Å². The van der Waals surface area contributed by atoms with Gasteiger partial charge in [-0.25, -0.2) is 18.4 Å². The molecule has 1 aliphatic heterocycles. The van der Waals surface area contributed by atoms with Crippen LogP contribution in [0.5, 0.6) is 0 Å². The van der Waals surface area contributed by atoms with Gasteiger partial charge in [0.15, 0.2) is 10.9 Å². The van der Waals surface area contributed by atoms with Crippen molar-refractivity contribution in [1.82, 2.24) is 24.3 Å². The molecule has 1 aliphatic rings. The number of sulfonamides is 1. The van der Waals surface area contributed by atoms with Gasteiger partial charge in [0, 0.05) is 38.1 Å². The second kappa shape index (κ2) is 9.65. The Morgan fingerprint density at radius 2 is 1.88 bits per heavy atom. The van der Waals surface area contributed by atoms with E-state index in [1.807, 2.05) is 31.2 Å². The fraction of sp³-hybridized carbons (Fsp3) is 0.429. The number of carbonyl (C=O) groups is 1. The standard InChI is InChI=1S/C21H26N6O4S2/c1-4-22-20-16-7-5-6-8-17(16)23-21(24-20)32-13-18(28)26-9-11-27(12-10-26)33(29,30)19-14(2)25-31-15(19)3/h5-8H,4,9-13H2,1-3H3,(H,22,23,24). The normalized spacial score (nSPS) is 15.2. The van der Waals surface area contributed by atoms with Crippen molar-refractivity contribution >= 4 is 44.4 Å². The highest BCUT2D eigenvalue weighted by atomic mass is 32.2. The Labute approximate surface area is 196 Å². The summed E-state index contributed by atoms with van der Waals surface area (Å²) in [5.41, 5.74) is 1.16. The number of fused-ring (bicyclic) bond motifs is 1. The zero-order valence-corrected chi connectivity index (χ0v) is 20.4. The Kier molecular flexibility index (Phi) is 6.86. The molecule has 33 heavy (non-hydrogen) atoms. The lowest BCUT2D eigenvalue weighted by Crippen LogP contribution is -2.51. The van der Waals surface area contributed by atoms with Crippen molar-refractivity contribution in [2.45, 2.75) is 30.8 Å². The van der Waals surface area contributed by atoms with Gasteiger partial charge >= 0.3 is 0 Å². The monoisotopic (exact) mass is 490 g/mol. The van der Waals surface area contributed by atoms with Crippen LogP contribution in [-0.2, 0) is 14.8 Å². The first kappa shape index (κ1) is 23.5. The van der Waals surface area contributed by atoms with E-state index < -0.39 is 10.0 Å². The van der Waals surface area contributed by atoms with Gasteiger partial charge < -0.3 is 14.7 Å². The summed E-state index contributed by atoms with van der Waals surface area (Å²) in [6.07, 6.45) is 0. The number of carbonyl (C=O) groups excluding carboxylic acids is 1. The van der Waals surface area contributed by atoms with Gasteiger partial charge in [-0.1, -0.05) is 29.1 Å². The lowest BCUT2D eigenvalue weighted by Gasteiger charge is -2.33. The van der Waals surface area contributed by atoms with Crippen molar-refractivity contribution in [1.29, 1.82) is 0 Å². The summed E-state index contributed by atoms with van der Waals surface area (Å²) in [7, 11) is -3.71. The number of hydrogen-bond acceptors (Lipinski definition) is 9. The molecule has 1 aromatic carbocycles. The fourth-order valence-corrected chi connectivity index (χ4v) is 6.26. The highest BCUT2D eigenvalue weighted by molar-refractivity contribution is 7.99. The Morgan fingerprint density at radius 1 is 1.15 bits per heavy atom. The lowest BCUT2D eigenvalue weighted by atomic mass is 10.2. The van der Waals surface area contributed by atoms with Crippen LogP contribution in [0, 0.1) is 13.8 Å². The number of piperazine rings is 1. The number of aryl methyl sites for hydroxylation is 2. The molecule has 2 aromatic heterocycles. The molecule has 176 valence electrons. The summed E-state index contributed by atoms with van der Waals surface area (Å²) in [6.45, 7) is 7.01. The maximum absolute atomic E-state index is 13.0. The average molecular weight is 491 g/mol. The Balaban J connectivity index is 1.38. The molecule has 0 radical (unpaired) electrons. The molecule has 1 fully saturated rings. The maximum atomic E-state index is 13.0. The predicted molar refractivity (Wildman–Crippen MR) is 126 cm³/mol. The van der Waals surface area contributed by atoms with Gasteiger partial charge in [0.1, 0.15) is 16.4 Å². The molecule has 3 heterocycles. The lowest BCUT2D eigenvalue weighted by molar-refractivity contribution is -0.129. The Morgan fingerprint density at radius 3 is 2.55 bits per heavy atom. The molecule has 1 amide bonds. The number of rotatable bonds is 7. The largest absolute Gasteiger partial charge is 0.370 e. The van der Waals surface area contributed by atoms with Crippen molar-refractivity contribution in [2.75, 3.05) is 43.8 Å². The number of nitrogens with one attached hydrogen (secondary N) is 1. The van der Waals surface area contributed by atoms with Crippen molar-refractivity contribution in [3.05, 3.63) is 35.7 Å². The second-order valence-corrected chi connectivity index (χ2v) is 10.4. The number of benzene rings is 1. The molecule has 0 unspecified atom stereocenters. The molecular formula is C21H26N6O4S2. The van der Waals surface area contributed by atoms with Crippen molar-refractivity contribution in [3.8, 4) is 0 Å². The van der Waals surface area contributed by atoms with Gasteiger partial charge in [0.05, 0.1) is 11.3 Å². The van der Waals surface area contributed by atoms with E-state index in [-0.39, 0.29) is 35.4 Å². The zero-order valence-electron chi connectivity index (χ0n) is 18.7. The number of para-hydroxylation sites is 1. The first-order valence-corrected chi connectivity index (χ1v) is 13.1. The van der Waals surface area contributed by atoms with Crippen LogP contribution in [0.4, 0.5) is 5.82 Å². The molecule has 10 nitrogen and oxygen atoms in total. The zero-order chi connectivity index (χ0) is 23.6. The molecule has 1 N–H and O–H groups in total. The van der Waals surface area contributed by atoms with E-state index in [1.54, 1.807) is 18.7 Å². The topological polar surface area (TPSA) is 122 Å². The first-order chi connectivity index (χ1) is 15.8. The Bertz CT molecular complexity index is 1250. The first-order valence-electron chi connectivity index (χ1n) is 10.7. The minimum absolute atomic E-state index is 0.0730. The van der Waals surface area contributed by atoms with E-state index in [0.29, 0.717) is 23.9 Å². The molecule has 0 atom stereocenters. The number of thioether (sulfide) groups is 1. The van der Waals surface area contributed by atoms with Gasteiger partial charge in [-0.05, 0) is 32.9 Å². The molecular weight excluding hydrogens is 464 g/mol. The van der Waals surface area contributed by atoms with Gasteiger partial charge in [0.2, 0.25) is 15.9 Å². The number of nitrogens with zero attached hydrogens (tertiary/aromatic N) is 5. The van der Waals surface area contributed by atoms with E-state index in [2.05, 4.69) is 20.4 Å². The minimum atomic E-state index is -3.71. The van der Waals surface area contributed by atoms with Crippen LogP contribution in [0.3, 0.4) is 0 Å². The molecule has 0 spiro atoms. The number of anilines is 1. The van der Waals surface area contributed by atoms with Gasteiger partial charge in [-0.2, -0.15) is 4.31 Å². The summed E-state index contributed by atoms with van der Waals surface area (Å²) in [4.78, 5) is 23.7. The van der Waals surface area contributed by atoms with Crippen LogP contribution in [0.1, 0.15) is 18.4 Å². The van der Waals surface area contributed by atoms with Crippen LogP contribution in [0.2, 0.25) is 0 Å². The van der Waals surface area contributed by atoms with Gasteiger partial charge in [-0.3, -0.25) is 4.79 Å². The fourth-order valence-electron chi connectivity index (χ4n) is 3.79. The van der Waals surface area contributed by atoms with E-state index in [4.69, 9.17) is 4.52 Å². The molecule has 3 aromatic rings. The quantitative estimate of drug-likeness (QED) is 0.393. The molecule has 12 heteroatoms. The average Bonchev–Trinajstić information content (AvgIpc) is 3.16. The maximum Gasteiger partial charge on any atom is 0.248 e. The third kappa shape index (κ3) is 4.82. The third-order valence-corrected chi connectivity index (χ3v) is 8.38. The second-order valence-electron chi connectivity index (χ2n) is 7.63. The summed E-state index contributed by atoms with van der Waals surface area (Å²) in [6, 6.07) is 7.74. The number of aromatic nitrogens is 3. The summed E-state index contributed by atoms with van der Waals surface area (Å²) >= 11 is 1.28. The summed E-state index contributed by atoms with van der Waals surface area (Å²) in [5, 5.41) is 8.45. The minimum Gasteiger partial charge on any atom is -0.370 e. The van der Waals surface area contributed by atoms with E-state index in [1.165, 1.54) is 16.1 Å². The smallest absolute Gasteiger partial charge is 0.248 e. The van der Waals surface area contributed by atoms with E-state index in [0.717, 1.165) is 23.3 Å². The van der Waals surface area contributed by atoms with E-state index >= 15 is 0 Å². The summed E-state index contributed by atoms with van der Waals surface area (Å²) in [5.74, 6) is 1.13. The third-order valence-electron chi connectivity index (χ3n) is 5.41.